The molecule has 2 aromatic heterocycles. The molecule has 3 rings (SSSR count). The molecular formula is C9H11N5. The number of imidazole rings is 2. The van der Waals surface area contributed by atoms with Crippen LogP contribution in [0.15, 0.2) is 12.5 Å². The molecule has 0 radical (unpaired) electrons. The lowest BCUT2D eigenvalue weighted by molar-refractivity contribution is 0.636. The van der Waals surface area contributed by atoms with Crippen molar-refractivity contribution in [2.45, 2.75) is 19.5 Å². The summed E-state index contributed by atoms with van der Waals surface area (Å²) < 4.78 is 2.14. The predicted octanol–water partition coefficient (Wildman–Crippen LogP) is 0.288. The van der Waals surface area contributed by atoms with Gasteiger partial charge < -0.3 is 15.3 Å². The Morgan fingerprint density at radius 3 is 3.29 bits per heavy atom. The Balaban J connectivity index is 2.22. The van der Waals surface area contributed by atoms with Crippen molar-refractivity contribution in [3.05, 3.63) is 24.0 Å². The number of hydrogen-bond acceptors (Lipinski definition) is 3. The summed E-state index contributed by atoms with van der Waals surface area (Å²) in [6.07, 6.45) is 4.56. The topological polar surface area (TPSA) is 72.5 Å². The number of aryl methyl sites for hydroxylation is 1. The minimum atomic E-state index is 0.486. The van der Waals surface area contributed by atoms with Gasteiger partial charge in [-0.15, -0.1) is 0 Å². The molecule has 1 aliphatic heterocycles. The van der Waals surface area contributed by atoms with Gasteiger partial charge in [0.25, 0.3) is 0 Å². The third-order valence-electron chi connectivity index (χ3n) is 2.67. The number of aromatic amines is 1. The fraction of sp³-hybridized carbons (Fsp3) is 0.333. The Morgan fingerprint density at radius 2 is 2.43 bits per heavy atom. The third-order valence-corrected chi connectivity index (χ3v) is 2.67. The van der Waals surface area contributed by atoms with Gasteiger partial charge in [-0.2, -0.15) is 0 Å². The SMILES string of the molecule is NCc1ncc2n1CCc1[nH]cnc1-2. The molecule has 0 aliphatic carbocycles. The van der Waals surface area contributed by atoms with Gasteiger partial charge in [0, 0.05) is 18.7 Å². The van der Waals surface area contributed by atoms with Crippen molar-refractivity contribution >= 4 is 0 Å². The molecular weight excluding hydrogens is 178 g/mol. The molecule has 2 aromatic rings. The minimum absolute atomic E-state index is 0.486. The van der Waals surface area contributed by atoms with Gasteiger partial charge in [-0.25, -0.2) is 9.97 Å². The van der Waals surface area contributed by atoms with Crippen molar-refractivity contribution in [1.82, 2.24) is 19.5 Å². The molecule has 0 saturated carbocycles. The van der Waals surface area contributed by atoms with Crippen LogP contribution in [0.25, 0.3) is 11.4 Å². The smallest absolute Gasteiger partial charge is 0.122 e. The van der Waals surface area contributed by atoms with Crippen LogP contribution in [0.1, 0.15) is 11.5 Å². The standard InChI is InChI=1S/C9H11N5/c10-3-8-11-4-7-9-6(12-5-13-9)1-2-14(7)8/h4-5H,1-3,10H2,(H,12,13). The molecule has 0 unspecified atom stereocenters. The zero-order valence-electron chi connectivity index (χ0n) is 7.70. The van der Waals surface area contributed by atoms with E-state index < -0.39 is 0 Å². The van der Waals surface area contributed by atoms with Crippen LogP contribution >= 0.6 is 0 Å². The van der Waals surface area contributed by atoms with E-state index in [0.29, 0.717) is 6.54 Å². The summed E-state index contributed by atoms with van der Waals surface area (Å²) >= 11 is 0. The van der Waals surface area contributed by atoms with Crippen LogP contribution in [0.2, 0.25) is 0 Å². The van der Waals surface area contributed by atoms with Crippen LogP contribution in [0.5, 0.6) is 0 Å². The van der Waals surface area contributed by atoms with Crippen molar-refractivity contribution < 1.29 is 0 Å². The fourth-order valence-corrected chi connectivity index (χ4v) is 1.97. The molecule has 0 atom stereocenters. The molecule has 0 spiro atoms. The highest BCUT2D eigenvalue weighted by Crippen LogP contribution is 2.26. The number of nitrogens with two attached hydrogens (primary N) is 1. The zero-order valence-corrected chi connectivity index (χ0v) is 7.70. The van der Waals surface area contributed by atoms with Gasteiger partial charge in [-0.1, -0.05) is 0 Å². The van der Waals surface area contributed by atoms with Gasteiger partial charge in [-0.3, -0.25) is 0 Å². The van der Waals surface area contributed by atoms with Crippen molar-refractivity contribution in [3.8, 4) is 11.4 Å². The summed E-state index contributed by atoms with van der Waals surface area (Å²) in [6.45, 7) is 1.43. The summed E-state index contributed by atoms with van der Waals surface area (Å²) in [5.74, 6) is 0.939. The lowest BCUT2D eigenvalue weighted by Crippen LogP contribution is -2.15. The highest BCUT2D eigenvalue weighted by atomic mass is 15.1. The highest BCUT2D eigenvalue weighted by Gasteiger charge is 2.20. The van der Waals surface area contributed by atoms with E-state index in [1.807, 2.05) is 6.20 Å². The maximum absolute atomic E-state index is 5.60. The van der Waals surface area contributed by atoms with Gasteiger partial charge in [0.2, 0.25) is 0 Å². The lowest BCUT2D eigenvalue weighted by Gasteiger charge is -2.15. The van der Waals surface area contributed by atoms with Gasteiger partial charge in [0.15, 0.2) is 0 Å². The summed E-state index contributed by atoms with van der Waals surface area (Å²) in [4.78, 5) is 11.7. The molecule has 3 heterocycles. The molecule has 0 bridgehead atoms. The fourth-order valence-electron chi connectivity index (χ4n) is 1.97. The van der Waals surface area contributed by atoms with Crippen LogP contribution in [-0.4, -0.2) is 19.5 Å². The quantitative estimate of drug-likeness (QED) is 0.677. The predicted molar refractivity (Wildman–Crippen MR) is 51.4 cm³/mol. The van der Waals surface area contributed by atoms with E-state index in [1.54, 1.807) is 6.33 Å². The molecule has 0 amide bonds. The number of nitrogens with zero attached hydrogens (tertiary/aromatic N) is 3. The molecule has 1 aliphatic rings. The first-order valence-electron chi connectivity index (χ1n) is 4.67. The van der Waals surface area contributed by atoms with Crippen LogP contribution < -0.4 is 5.73 Å². The van der Waals surface area contributed by atoms with Crippen molar-refractivity contribution in [2.75, 3.05) is 0 Å². The van der Waals surface area contributed by atoms with Gasteiger partial charge in [0.1, 0.15) is 11.5 Å². The molecule has 0 fully saturated rings. The van der Waals surface area contributed by atoms with E-state index in [0.717, 1.165) is 30.2 Å². The Bertz CT molecular complexity index is 467. The zero-order chi connectivity index (χ0) is 9.54. The number of rotatable bonds is 1. The van der Waals surface area contributed by atoms with Gasteiger partial charge >= 0.3 is 0 Å². The summed E-state index contributed by atoms with van der Waals surface area (Å²) in [5, 5.41) is 0. The summed E-state index contributed by atoms with van der Waals surface area (Å²) in [7, 11) is 0. The van der Waals surface area contributed by atoms with E-state index in [1.165, 1.54) is 5.69 Å². The Labute approximate surface area is 81.0 Å². The lowest BCUT2D eigenvalue weighted by atomic mass is 10.1. The van der Waals surface area contributed by atoms with Crippen LogP contribution in [-0.2, 0) is 19.5 Å². The Kier molecular flexibility index (Phi) is 1.49. The largest absolute Gasteiger partial charge is 0.348 e. The number of aromatic nitrogens is 4. The molecule has 3 N–H and O–H groups in total. The number of H-pyrrole nitrogens is 1. The number of hydrogen-bond donors (Lipinski definition) is 2. The average Bonchev–Trinajstić information content (AvgIpc) is 2.82. The van der Waals surface area contributed by atoms with Gasteiger partial charge in [-0.05, 0) is 0 Å². The summed E-state index contributed by atoms with van der Waals surface area (Å²) in [5.41, 5.74) is 8.89. The highest BCUT2D eigenvalue weighted by molar-refractivity contribution is 5.59. The maximum Gasteiger partial charge on any atom is 0.122 e. The van der Waals surface area contributed by atoms with Crippen molar-refractivity contribution in [1.29, 1.82) is 0 Å². The van der Waals surface area contributed by atoms with E-state index in [9.17, 15) is 0 Å². The van der Waals surface area contributed by atoms with E-state index in [-0.39, 0.29) is 0 Å². The normalized spacial score (nSPS) is 13.8. The number of nitrogens with one attached hydrogen (secondary N) is 1. The first-order valence-corrected chi connectivity index (χ1v) is 4.67. The monoisotopic (exact) mass is 189 g/mol. The second-order valence-electron chi connectivity index (χ2n) is 3.40. The average molecular weight is 189 g/mol. The van der Waals surface area contributed by atoms with Crippen LogP contribution in [0, 0.1) is 0 Å². The molecule has 5 heteroatoms. The van der Waals surface area contributed by atoms with E-state index in [4.69, 9.17) is 5.73 Å². The van der Waals surface area contributed by atoms with Crippen LogP contribution in [0.3, 0.4) is 0 Å². The second kappa shape index (κ2) is 2.68. The maximum atomic E-state index is 5.60. The molecule has 5 nitrogen and oxygen atoms in total. The van der Waals surface area contributed by atoms with Crippen LogP contribution in [0.4, 0.5) is 0 Å². The number of fused-ring (bicyclic) bond motifs is 3. The Morgan fingerprint density at radius 1 is 1.50 bits per heavy atom. The van der Waals surface area contributed by atoms with E-state index >= 15 is 0 Å². The summed E-state index contributed by atoms with van der Waals surface area (Å²) in [6, 6.07) is 0. The molecule has 14 heavy (non-hydrogen) atoms. The first-order chi connectivity index (χ1) is 6.90. The third kappa shape index (κ3) is 0.871. The second-order valence-corrected chi connectivity index (χ2v) is 3.40. The Hall–Kier alpha value is -1.62. The van der Waals surface area contributed by atoms with E-state index in [2.05, 4.69) is 19.5 Å². The molecule has 0 aromatic carbocycles. The first kappa shape index (κ1) is 7.75. The molecule has 0 saturated heterocycles. The minimum Gasteiger partial charge on any atom is -0.348 e. The molecule has 72 valence electrons. The van der Waals surface area contributed by atoms with Crippen molar-refractivity contribution in [2.24, 2.45) is 5.73 Å². The van der Waals surface area contributed by atoms with Crippen molar-refractivity contribution in [3.63, 3.8) is 0 Å². The van der Waals surface area contributed by atoms with Gasteiger partial charge in [0.05, 0.1) is 24.8 Å².